The summed E-state index contributed by atoms with van der Waals surface area (Å²) in [5.74, 6) is -2.92. The number of hydrogen-bond acceptors (Lipinski definition) is 6. The smallest absolute Gasteiger partial charge is 0.303 e. The number of amides is 1. The van der Waals surface area contributed by atoms with E-state index >= 15 is 0 Å². The zero-order chi connectivity index (χ0) is 27.1. The highest BCUT2D eigenvalue weighted by Crippen LogP contribution is 2.57. The van der Waals surface area contributed by atoms with Crippen LogP contribution >= 0.6 is 0 Å². The maximum absolute atomic E-state index is 14.2. The summed E-state index contributed by atoms with van der Waals surface area (Å²) in [7, 11) is 0. The Morgan fingerprint density at radius 3 is 2.46 bits per heavy atom. The van der Waals surface area contributed by atoms with Crippen LogP contribution < -0.4 is 5.32 Å². The number of rotatable bonds is 3. The molecular formula is C30H37NO6. The monoisotopic (exact) mass is 507 g/mol. The molecule has 2 aliphatic carbocycles. The topological polar surface area (TPSA) is 113 Å². The molecule has 37 heavy (non-hydrogen) atoms. The van der Waals surface area contributed by atoms with Gasteiger partial charge in [-0.05, 0) is 56.9 Å². The van der Waals surface area contributed by atoms with Crippen molar-refractivity contribution in [3.63, 3.8) is 0 Å². The number of allylic oxidation sites excluding steroid dienone is 1. The van der Waals surface area contributed by atoms with Gasteiger partial charge in [-0.3, -0.25) is 14.4 Å². The van der Waals surface area contributed by atoms with E-state index in [1.807, 2.05) is 44.2 Å². The van der Waals surface area contributed by atoms with E-state index in [-0.39, 0.29) is 17.7 Å². The first kappa shape index (κ1) is 27.0. The molecule has 1 spiro atoms. The predicted molar refractivity (Wildman–Crippen MR) is 139 cm³/mol. The average molecular weight is 508 g/mol. The second-order valence-corrected chi connectivity index (χ2v) is 11.0. The molecule has 0 aromatic heterocycles. The molecule has 4 rings (SSSR count). The standard InChI is InChI=1S/C30H37NO6/c1-17-10-9-13-22-26(33)19(3)18(2)25-23(16-21-11-7-6-8-12-21)31-28(35)30(22,25)24(37-20(4)32)14-15-29(5,36)27(17)34/h6-9,11-15,17,22-26,33,36H,10,16H2,1-5H3,(H,31,35)/b13-9?,15-14-/t17-,22-,23-,24+,25-,26+,29+,30+/m0/s1. The van der Waals surface area contributed by atoms with Gasteiger partial charge in [-0.1, -0.05) is 55.0 Å². The summed E-state index contributed by atoms with van der Waals surface area (Å²) in [4.78, 5) is 39.5. The van der Waals surface area contributed by atoms with Crippen molar-refractivity contribution >= 4 is 17.7 Å². The van der Waals surface area contributed by atoms with Crippen LogP contribution in [0.3, 0.4) is 0 Å². The van der Waals surface area contributed by atoms with E-state index < -0.39 is 46.9 Å². The molecular weight excluding hydrogens is 470 g/mol. The highest BCUT2D eigenvalue weighted by Gasteiger charge is 2.67. The first-order chi connectivity index (χ1) is 17.4. The van der Waals surface area contributed by atoms with Crippen LogP contribution in [0.15, 0.2) is 65.8 Å². The zero-order valence-electron chi connectivity index (χ0n) is 22.1. The maximum atomic E-state index is 14.2. The number of hydrogen-bond donors (Lipinski definition) is 3. The third kappa shape index (κ3) is 4.59. The minimum atomic E-state index is -1.82. The lowest BCUT2D eigenvalue weighted by atomic mass is 9.54. The Kier molecular flexibility index (Phi) is 7.32. The number of carbonyl (C=O) groups is 3. The number of carbonyl (C=O) groups excluding carboxylic acids is 3. The van der Waals surface area contributed by atoms with Crippen molar-refractivity contribution in [1.82, 2.24) is 5.32 Å². The van der Waals surface area contributed by atoms with Gasteiger partial charge in [-0.25, -0.2) is 0 Å². The number of esters is 1. The number of aliphatic hydroxyl groups is 2. The van der Waals surface area contributed by atoms with Crippen molar-refractivity contribution in [2.24, 2.45) is 23.2 Å². The Balaban J connectivity index is 1.96. The van der Waals surface area contributed by atoms with Crippen molar-refractivity contribution in [2.75, 3.05) is 0 Å². The molecule has 3 aliphatic rings. The largest absolute Gasteiger partial charge is 0.457 e. The summed E-state index contributed by atoms with van der Waals surface area (Å²) in [6, 6.07) is 9.52. The van der Waals surface area contributed by atoms with Crippen LogP contribution in [0, 0.1) is 23.2 Å². The second-order valence-electron chi connectivity index (χ2n) is 11.0. The molecule has 198 valence electrons. The Morgan fingerprint density at radius 1 is 1.14 bits per heavy atom. The fourth-order valence-corrected chi connectivity index (χ4v) is 6.54. The Hall–Kier alpha value is -3.03. The first-order valence-corrected chi connectivity index (χ1v) is 12.9. The van der Waals surface area contributed by atoms with Crippen LogP contribution in [-0.2, 0) is 25.5 Å². The number of ketones is 1. The van der Waals surface area contributed by atoms with Crippen LogP contribution in [0.1, 0.15) is 46.6 Å². The van der Waals surface area contributed by atoms with Gasteiger partial charge in [-0.2, -0.15) is 0 Å². The predicted octanol–water partition coefficient (Wildman–Crippen LogP) is 3.06. The fourth-order valence-electron chi connectivity index (χ4n) is 6.54. The van der Waals surface area contributed by atoms with Crippen LogP contribution in [0.2, 0.25) is 0 Å². The minimum Gasteiger partial charge on any atom is -0.457 e. The summed E-state index contributed by atoms with van der Waals surface area (Å²) < 4.78 is 5.82. The van der Waals surface area contributed by atoms with Gasteiger partial charge >= 0.3 is 5.97 Å². The van der Waals surface area contributed by atoms with E-state index in [1.165, 1.54) is 26.0 Å². The highest BCUT2D eigenvalue weighted by atomic mass is 16.5. The highest BCUT2D eigenvalue weighted by molar-refractivity contribution is 5.91. The number of ether oxygens (including phenoxy) is 1. The van der Waals surface area contributed by atoms with Gasteiger partial charge in [-0.15, -0.1) is 0 Å². The molecule has 1 saturated heterocycles. The van der Waals surface area contributed by atoms with Gasteiger partial charge in [0.1, 0.15) is 17.1 Å². The quantitative estimate of drug-likeness (QED) is 0.428. The number of benzene rings is 1. The summed E-state index contributed by atoms with van der Waals surface area (Å²) in [6.07, 6.45) is 5.17. The second kappa shape index (κ2) is 10.0. The SMILES string of the molecule is CC(=O)O[C@@H]1/C=C\[C@@](C)(O)C(=O)[C@@H](C)CC=C[C@H]2[C@H](O)C(C)=C(C)[C@H]3[C@H](Cc4ccccc4)NC(=O)[C@@]123. The summed E-state index contributed by atoms with van der Waals surface area (Å²) in [6.45, 7) is 8.20. The van der Waals surface area contributed by atoms with E-state index in [0.717, 1.165) is 16.7 Å². The van der Waals surface area contributed by atoms with Crippen LogP contribution in [0.4, 0.5) is 0 Å². The fraction of sp³-hybridized carbons (Fsp3) is 0.500. The molecule has 1 aromatic rings. The van der Waals surface area contributed by atoms with Gasteiger partial charge in [0.15, 0.2) is 5.78 Å². The van der Waals surface area contributed by atoms with Gasteiger partial charge in [0.05, 0.1) is 6.10 Å². The number of Topliss-reactive ketones (excluding diaryl/α,β-unsaturated/α-hetero) is 1. The third-order valence-corrected chi connectivity index (χ3v) is 8.49. The summed E-state index contributed by atoms with van der Waals surface area (Å²) >= 11 is 0. The molecule has 3 N–H and O–H groups in total. The molecule has 0 radical (unpaired) electrons. The molecule has 1 amide bonds. The molecule has 8 atom stereocenters. The average Bonchev–Trinajstić information content (AvgIpc) is 3.13. The van der Waals surface area contributed by atoms with Crippen LogP contribution in [0.5, 0.6) is 0 Å². The summed E-state index contributed by atoms with van der Waals surface area (Å²) in [5.41, 5.74) is -0.500. The van der Waals surface area contributed by atoms with Crippen molar-refractivity contribution in [1.29, 1.82) is 0 Å². The van der Waals surface area contributed by atoms with Crippen LogP contribution in [-0.4, -0.2) is 51.7 Å². The normalized spacial score (nSPS) is 38.8. The van der Waals surface area contributed by atoms with E-state index in [1.54, 1.807) is 19.1 Å². The summed E-state index contributed by atoms with van der Waals surface area (Å²) in [5, 5.41) is 25.7. The Bertz CT molecular complexity index is 1170. The molecule has 1 aromatic carbocycles. The lowest BCUT2D eigenvalue weighted by Crippen LogP contribution is -2.58. The van der Waals surface area contributed by atoms with E-state index in [0.29, 0.717) is 12.8 Å². The van der Waals surface area contributed by atoms with Gasteiger partial charge in [0.25, 0.3) is 0 Å². The van der Waals surface area contributed by atoms with Crippen molar-refractivity contribution in [3.8, 4) is 0 Å². The van der Waals surface area contributed by atoms with E-state index in [9.17, 15) is 24.6 Å². The Morgan fingerprint density at radius 2 is 1.81 bits per heavy atom. The van der Waals surface area contributed by atoms with Crippen molar-refractivity contribution in [2.45, 2.75) is 71.3 Å². The molecule has 0 saturated carbocycles. The molecule has 0 bridgehead atoms. The van der Waals surface area contributed by atoms with Crippen molar-refractivity contribution in [3.05, 3.63) is 71.3 Å². The molecule has 1 aliphatic heterocycles. The molecule has 7 heteroatoms. The molecule has 0 unspecified atom stereocenters. The molecule has 7 nitrogen and oxygen atoms in total. The van der Waals surface area contributed by atoms with E-state index in [2.05, 4.69) is 5.32 Å². The molecule has 1 heterocycles. The number of aliphatic hydroxyl groups excluding tert-OH is 1. The van der Waals surface area contributed by atoms with Crippen LogP contribution in [0.25, 0.3) is 0 Å². The lowest BCUT2D eigenvalue weighted by molar-refractivity contribution is -0.161. The minimum absolute atomic E-state index is 0.314. The number of nitrogens with one attached hydrogen (secondary N) is 1. The molecule has 1 fully saturated rings. The van der Waals surface area contributed by atoms with E-state index in [4.69, 9.17) is 4.74 Å². The van der Waals surface area contributed by atoms with Gasteiger partial charge < -0.3 is 20.3 Å². The Labute approximate surface area is 218 Å². The van der Waals surface area contributed by atoms with Gasteiger partial charge in [0, 0.05) is 30.7 Å². The third-order valence-electron chi connectivity index (χ3n) is 8.49. The first-order valence-electron chi connectivity index (χ1n) is 12.9. The lowest BCUT2D eigenvalue weighted by Gasteiger charge is -2.49. The van der Waals surface area contributed by atoms with Crippen molar-refractivity contribution < 1.29 is 29.3 Å². The zero-order valence-corrected chi connectivity index (χ0v) is 22.1. The van der Waals surface area contributed by atoms with Gasteiger partial charge in [0.2, 0.25) is 5.91 Å². The maximum Gasteiger partial charge on any atom is 0.303 e.